The maximum Gasteiger partial charge on any atom is 0.240 e. The van der Waals surface area contributed by atoms with Gasteiger partial charge in [-0.15, -0.1) is 0 Å². The lowest BCUT2D eigenvalue weighted by Crippen LogP contribution is -2.23. The first kappa shape index (κ1) is 14.1. The highest BCUT2D eigenvalue weighted by Gasteiger charge is 2.33. The molecule has 0 aliphatic carbocycles. The summed E-state index contributed by atoms with van der Waals surface area (Å²) in [6.45, 7) is 3.42. The molecule has 0 saturated heterocycles. The molecule has 2 aromatic rings. The molecule has 0 fully saturated rings. The number of rotatable bonds is 2. The molecule has 0 spiro atoms. The summed E-state index contributed by atoms with van der Waals surface area (Å²) in [6, 6.07) is 11.6. The van der Waals surface area contributed by atoms with E-state index in [9.17, 15) is 4.79 Å². The van der Waals surface area contributed by atoms with Crippen LogP contribution in [0.15, 0.2) is 50.4 Å². The number of amides is 1. The minimum absolute atomic E-state index is 0.0823. The van der Waals surface area contributed by atoms with Gasteiger partial charge in [0, 0.05) is 17.8 Å². The molecule has 5 heteroatoms. The van der Waals surface area contributed by atoms with Crippen molar-refractivity contribution in [2.24, 2.45) is 5.10 Å². The minimum Gasteiger partial charge on any atom is -0.464 e. The lowest BCUT2D eigenvalue weighted by atomic mass is 10.0. The second kappa shape index (κ2) is 5.48. The van der Waals surface area contributed by atoms with E-state index in [-0.39, 0.29) is 11.9 Å². The first-order valence-corrected chi connectivity index (χ1v) is 7.53. The summed E-state index contributed by atoms with van der Waals surface area (Å²) in [5.74, 6) is 1.53. The van der Waals surface area contributed by atoms with E-state index in [0.29, 0.717) is 6.42 Å². The van der Waals surface area contributed by atoms with Crippen molar-refractivity contribution in [3.05, 3.63) is 58.0 Å². The summed E-state index contributed by atoms with van der Waals surface area (Å²) >= 11 is 3.42. The molecule has 2 heterocycles. The van der Waals surface area contributed by atoms with E-state index in [4.69, 9.17) is 4.42 Å². The monoisotopic (exact) mass is 346 g/mol. The molecule has 1 aromatic carbocycles. The van der Waals surface area contributed by atoms with E-state index in [1.54, 1.807) is 0 Å². The SMILES string of the molecule is CC(=O)N1N=C(c2ccc(Br)cc2)C[C@H]1c1ccc(C)o1. The molecule has 0 unspecified atom stereocenters. The highest BCUT2D eigenvalue weighted by molar-refractivity contribution is 9.10. The van der Waals surface area contributed by atoms with Crippen molar-refractivity contribution in [3.8, 4) is 0 Å². The van der Waals surface area contributed by atoms with Crippen LogP contribution in [0.5, 0.6) is 0 Å². The van der Waals surface area contributed by atoms with Gasteiger partial charge >= 0.3 is 0 Å². The normalized spacial score (nSPS) is 18.0. The molecule has 1 aliphatic rings. The Morgan fingerprint density at radius 3 is 2.57 bits per heavy atom. The molecule has 1 aliphatic heterocycles. The van der Waals surface area contributed by atoms with Crippen molar-refractivity contribution in [2.75, 3.05) is 0 Å². The van der Waals surface area contributed by atoms with Crippen molar-refractivity contribution in [1.29, 1.82) is 0 Å². The average molecular weight is 347 g/mol. The third kappa shape index (κ3) is 2.78. The molecule has 0 bridgehead atoms. The highest BCUT2D eigenvalue weighted by Crippen LogP contribution is 2.33. The Balaban J connectivity index is 1.92. The lowest BCUT2D eigenvalue weighted by molar-refractivity contribution is -0.130. The molecule has 1 atom stereocenters. The van der Waals surface area contributed by atoms with Gasteiger partial charge in [0.1, 0.15) is 17.6 Å². The van der Waals surface area contributed by atoms with E-state index in [1.807, 2.05) is 43.3 Å². The largest absolute Gasteiger partial charge is 0.464 e. The highest BCUT2D eigenvalue weighted by atomic mass is 79.9. The number of benzene rings is 1. The summed E-state index contributed by atoms with van der Waals surface area (Å²) < 4.78 is 6.70. The Hall–Kier alpha value is -1.88. The first-order chi connectivity index (χ1) is 10.0. The number of carbonyl (C=O) groups excluding carboxylic acids is 1. The van der Waals surface area contributed by atoms with Crippen LogP contribution in [0, 0.1) is 6.92 Å². The number of furan rings is 1. The van der Waals surface area contributed by atoms with E-state index in [2.05, 4.69) is 21.0 Å². The summed E-state index contributed by atoms with van der Waals surface area (Å²) in [4.78, 5) is 11.8. The zero-order valence-electron chi connectivity index (χ0n) is 11.8. The molecule has 108 valence electrons. The van der Waals surface area contributed by atoms with Gasteiger partial charge in [0.05, 0.1) is 5.71 Å². The van der Waals surface area contributed by atoms with Crippen LogP contribution in [0.4, 0.5) is 0 Å². The molecule has 1 aromatic heterocycles. The van der Waals surface area contributed by atoms with Crippen LogP contribution >= 0.6 is 15.9 Å². The molecule has 4 nitrogen and oxygen atoms in total. The van der Waals surface area contributed by atoms with Gasteiger partial charge in [-0.25, -0.2) is 5.01 Å². The van der Waals surface area contributed by atoms with Crippen LogP contribution in [0.25, 0.3) is 0 Å². The Morgan fingerprint density at radius 1 is 1.29 bits per heavy atom. The predicted molar refractivity (Wildman–Crippen MR) is 84.0 cm³/mol. The minimum atomic E-state index is -0.158. The molecule has 0 radical (unpaired) electrons. The Labute approximate surface area is 131 Å². The van der Waals surface area contributed by atoms with Crippen LogP contribution < -0.4 is 0 Å². The van der Waals surface area contributed by atoms with Crippen molar-refractivity contribution in [2.45, 2.75) is 26.3 Å². The van der Waals surface area contributed by atoms with Crippen LogP contribution in [-0.2, 0) is 4.79 Å². The van der Waals surface area contributed by atoms with E-state index < -0.39 is 0 Å². The fraction of sp³-hybridized carbons (Fsp3) is 0.250. The first-order valence-electron chi connectivity index (χ1n) is 6.74. The standard InChI is InChI=1S/C16H15BrN2O2/c1-10-3-8-16(21-10)15-9-14(18-19(15)11(2)20)12-4-6-13(17)7-5-12/h3-8,15H,9H2,1-2H3/t15-/m0/s1. The van der Waals surface area contributed by atoms with Crippen LogP contribution in [0.1, 0.15) is 36.5 Å². The van der Waals surface area contributed by atoms with Gasteiger partial charge in [-0.3, -0.25) is 4.79 Å². The fourth-order valence-corrected chi connectivity index (χ4v) is 2.74. The van der Waals surface area contributed by atoms with Crippen molar-refractivity contribution in [1.82, 2.24) is 5.01 Å². The number of hydrogen-bond acceptors (Lipinski definition) is 3. The second-order valence-corrected chi connectivity index (χ2v) is 6.00. The molecule has 0 saturated carbocycles. The molecule has 1 amide bonds. The van der Waals surface area contributed by atoms with Crippen LogP contribution in [0.2, 0.25) is 0 Å². The molecule has 3 rings (SSSR count). The van der Waals surface area contributed by atoms with Gasteiger partial charge in [0.2, 0.25) is 5.91 Å². The van der Waals surface area contributed by atoms with E-state index in [0.717, 1.165) is 27.3 Å². The van der Waals surface area contributed by atoms with Gasteiger partial charge in [-0.2, -0.15) is 5.10 Å². The molecule has 0 N–H and O–H groups in total. The van der Waals surface area contributed by atoms with Crippen molar-refractivity contribution in [3.63, 3.8) is 0 Å². The fourth-order valence-electron chi connectivity index (χ4n) is 2.47. The van der Waals surface area contributed by atoms with Crippen LogP contribution in [-0.4, -0.2) is 16.6 Å². The predicted octanol–water partition coefficient (Wildman–Crippen LogP) is 4.05. The van der Waals surface area contributed by atoms with Crippen molar-refractivity contribution < 1.29 is 9.21 Å². The lowest BCUT2D eigenvalue weighted by Gasteiger charge is -2.17. The Bertz CT molecular complexity index is 703. The number of carbonyl (C=O) groups is 1. The Kier molecular flexibility index (Phi) is 3.68. The van der Waals surface area contributed by atoms with Gasteiger partial charge in [-0.1, -0.05) is 28.1 Å². The number of hydrogen-bond donors (Lipinski definition) is 0. The number of hydrazone groups is 1. The molecular formula is C16H15BrN2O2. The summed E-state index contributed by atoms with van der Waals surface area (Å²) in [5, 5.41) is 5.99. The topological polar surface area (TPSA) is 45.8 Å². The zero-order valence-corrected chi connectivity index (χ0v) is 13.4. The molecular weight excluding hydrogens is 332 g/mol. The zero-order chi connectivity index (χ0) is 15.0. The molecule has 21 heavy (non-hydrogen) atoms. The Morgan fingerprint density at radius 2 is 2.00 bits per heavy atom. The number of halogens is 1. The number of nitrogens with zero attached hydrogens (tertiary/aromatic N) is 2. The van der Waals surface area contributed by atoms with Crippen molar-refractivity contribution >= 4 is 27.5 Å². The van der Waals surface area contributed by atoms with Gasteiger partial charge in [0.25, 0.3) is 0 Å². The second-order valence-electron chi connectivity index (χ2n) is 5.09. The quantitative estimate of drug-likeness (QED) is 0.823. The summed E-state index contributed by atoms with van der Waals surface area (Å²) in [7, 11) is 0. The summed E-state index contributed by atoms with van der Waals surface area (Å²) in [5.41, 5.74) is 1.92. The maximum atomic E-state index is 11.8. The average Bonchev–Trinajstić information content (AvgIpc) is 3.05. The summed E-state index contributed by atoms with van der Waals surface area (Å²) in [6.07, 6.45) is 0.661. The van der Waals surface area contributed by atoms with Gasteiger partial charge in [0.15, 0.2) is 0 Å². The van der Waals surface area contributed by atoms with Gasteiger partial charge < -0.3 is 4.42 Å². The third-order valence-electron chi connectivity index (χ3n) is 3.50. The third-order valence-corrected chi connectivity index (χ3v) is 4.03. The van der Waals surface area contributed by atoms with E-state index in [1.165, 1.54) is 11.9 Å². The smallest absolute Gasteiger partial charge is 0.240 e. The van der Waals surface area contributed by atoms with E-state index >= 15 is 0 Å². The van der Waals surface area contributed by atoms with Gasteiger partial charge in [-0.05, 0) is 36.8 Å². The number of aryl methyl sites for hydroxylation is 1. The maximum absolute atomic E-state index is 11.8. The van der Waals surface area contributed by atoms with Crippen LogP contribution in [0.3, 0.4) is 0 Å².